The molecule has 1 nitrogen and oxygen atoms in total. The Kier molecular flexibility index (Phi) is 15.9. The van der Waals surface area contributed by atoms with Gasteiger partial charge in [0.1, 0.15) is 13.1 Å². The predicted octanol–water partition coefficient (Wildman–Crippen LogP) is 10.0. The lowest BCUT2D eigenvalue weighted by Crippen LogP contribution is -2.48. The first kappa shape index (κ1) is 29.1. The molecule has 0 heterocycles. The van der Waals surface area contributed by atoms with Crippen molar-refractivity contribution in [1.82, 2.24) is 0 Å². The highest BCUT2D eigenvalue weighted by atomic mass is 15.3. The van der Waals surface area contributed by atoms with Crippen LogP contribution in [0.15, 0.2) is 85.0 Å². The summed E-state index contributed by atoms with van der Waals surface area (Å²) in [6, 6.07) is 22.4. The quantitative estimate of drug-likeness (QED) is 0.102. The van der Waals surface area contributed by atoms with Crippen LogP contribution in [0.4, 0.5) is 0 Å². The Morgan fingerprint density at radius 3 is 1.23 bits per heavy atom. The van der Waals surface area contributed by atoms with Crippen molar-refractivity contribution < 1.29 is 4.48 Å². The fraction of sp³-hybridized carbons (Fsp3) is 0.529. The predicted molar refractivity (Wildman–Crippen MR) is 155 cm³/mol. The smallest absolute Gasteiger partial charge is 0.105 e. The highest BCUT2D eigenvalue weighted by molar-refractivity contribution is 5.15. The number of hydrogen-bond acceptors (Lipinski definition) is 0. The Morgan fingerprint density at radius 1 is 0.486 bits per heavy atom. The molecule has 0 aliphatic carbocycles. The fourth-order valence-corrected chi connectivity index (χ4v) is 4.96. The molecule has 0 aliphatic rings. The van der Waals surface area contributed by atoms with Gasteiger partial charge in [-0.25, -0.2) is 0 Å². The van der Waals surface area contributed by atoms with Gasteiger partial charge in [0.05, 0.1) is 13.1 Å². The lowest BCUT2D eigenvalue weighted by Gasteiger charge is -2.39. The van der Waals surface area contributed by atoms with Gasteiger partial charge in [0.2, 0.25) is 0 Å². The van der Waals surface area contributed by atoms with E-state index in [0.29, 0.717) is 0 Å². The molecule has 2 aromatic carbocycles. The summed E-state index contributed by atoms with van der Waals surface area (Å²) >= 11 is 0. The van der Waals surface area contributed by atoms with Crippen molar-refractivity contribution in [1.29, 1.82) is 0 Å². The second kappa shape index (κ2) is 19.1. The van der Waals surface area contributed by atoms with Crippen LogP contribution in [0.5, 0.6) is 0 Å². The van der Waals surface area contributed by atoms with Gasteiger partial charge in [-0.15, -0.1) is 0 Å². The zero-order chi connectivity index (χ0) is 24.9. The summed E-state index contributed by atoms with van der Waals surface area (Å²) in [5, 5.41) is 0. The molecule has 0 aliphatic heterocycles. The first-order chi connectivity index (χ1) is 17.3. The first-order valence-corrected chi connectivity index (χ1v) is 14.5. The van der Waals surface area contributed by atoms with Gasteiger partial charge in [0, 0.05) is 11.1 Å². The fourth-order valence-electron chi connectivity index (χ4n) is 4.96. The van der Waals surface area contributed by atoms with Crippen molar-refractivity contribution in [3.63, 3.8) is 0 Å². The topological polar surface area (TPSA) is 0 Å². The number of benzene rings is 2. The van der Waals surface area contributed by atoms with Crippen molar-refractivity contribution >= 4 is 0 Å². The van der Waals surface area contributed by atoms with E-state index in [1.807, 2.05) is 0 Å². The van der Waals surface area contributed by atoms with Gasteiger partial charge in [-0.2, -0.15) is 0 Å². The van der Waals surface area contributed by atoms with Gasteiger partial charge in [-0.05, 0) is 51.4 Å². The minimum atomic E-state index is 1.13. The summed E-state index contributed by atoms with van der Waals surface area (Å²) in [4.78, 5) is 0. The average molecular weight is 475 g/mol. The number of rotatable bonds is 20. The van der Waals surface area contributed by atoms with Crippen LogP contribution < -0.4 is 0 Å². The molecule has 0 bridgehead atoms. The molecule has 35 heavy (non-hydrogen) atoms. The van der Waals surface area contributed by atoms with Crippen LogP contribution >= 0.6 is 0 Å². The highest BCUT2D eigenvalue weighted by Crippen LogP contribution is 2.23. The molecule has 0 amide bonds. The lowest BCUT2D eigenvalue weighted by molar-refractivity contribution is -0.954. The Bertz CT molecular complexity index is 720. The summed E-state index contributed by atoms with van der Waals surface area (Å²) < 4.78 is 1.17. The van der Waals surface area contributed by atoms with Crippen molar-refractivity contribution in [3.8, 4) is 0 Å². The van der Waals surface area contributed by atoms with Gasteiger partial charge < -0.3 is 4.48 Å². The van der Waals surface area contributed by atoms with Crippen molar-refractivity contribution in [2.75, 3.05) is 13.1 Å². The molecule has 0 atom stereocenters. The Labute approximate surface area is 217 Å². The third-order valence-corrected chi connectivity index (χ3v) is 7.01. The van der Waals surface area contributed by atoms with Gasteiger partial charge in [-0.3, -0.25) is 0 Å². The molecule has 2 aromatic rings. The van der Waals surface area contributed by atoms with Crippen LogP contribution in [0.2, 0.25) is 0 Å². The SMILES string of the molecule is CCCC/C=C/CCCC[N+](CCCC/C=C/CCCC)(Cc1ccccc1)Cc1ccccc1. The van der Waals surface area contributed by atoms with E-state index in [9.17, 15) is 0 Å². The molecule has 0 aromatic heterocycles. The number of quaternary nitrogens is 1. The first-order valence-electron chi connectivity index (χ1n) is 14.5. The van der Waals surface area contributed by atoms with Gasteiger partial charge in [0.15, 0.2) is 0 Å². The van der Waals surface area contributed by atoms with Gasteiger partial charge in [-0.1, -0.05) is 124 Å². The molecular formula is C34H52N+. The number of nitrogens with zero attached hydrogens (tertiary/aromatic N) is 1. The van der Waals surface area contributed by atoms with Crippen molar-refractivity contribution in [2.45, 2.75) is 104 Å². The van der Waals surface area contributed by atoms with E-state index in [-0.39, 0.29) is 0 Å². The summed E-state index contributed by atoms with van der Waals surface area (Å²) in [7, 11) is 0. The van der Waals surface area contributed by atoms with Crippen molar-refractivity contribution in [2.24, 2.45) is 0 Å². The van der Waals surface area contributed by atoms with Gasteiger partial charge >= 0.3 is 0 Å². The maximum atomic E-state index is 2.42. The van der Waals surface area contributed by atoms with Gasteiger partial charge in [0.25, 0.3) is 0 Å². The Morgan fingerprint density at radius 2 is 0.857 bits per heavy atom. The number of allylic oxidation sites excluding steroid dienone is 4. The second-order valence-corrected chi connectivity index (χ2v) is 10.3. The average Bonchev–Trinajstić information content (AvgIpc) is 2.88. The summed E-state index contributed by atoms with van der Waals surface area (Å²) in [6.45, 7) is 9.34. The second-order valence-electron chi connectivity index (χ2n) is 10.3. The molecule has 0 saturated carbocycles. The van der Waals surface area contributed by atoms with Crippen molar-refractivity contribution in [3.05, 3.63) is 96.1 Å². The van der Waals surface area contributed by atoms with Crippen LogP contribution in [-0.4, -0.2) is 17.6 Å². The number of unbranched alkanes of at least 4 members (excludes halogenated alkanes) is 8. The van der Waals surface area contributed by atoms with E-state index in [4.69, 9.17) is 0 Å². The minimum absolute atomic E-state index is 1.13. The third-order valence-electron chi connectivity index (χ3n) is 7.01. The normalized spacial score (nSPS) is 12.2. The molecule has 1 heteroatoms. The molecular weight excluding hydrogens is 422 g/mol. The third kappa shape index (κ3) is 13.5. The number of hydrogen-bond donors (Lipinski definition) is 0. The van der Waals surface area contributed by atoms with E-state index in [0.717, 1.165) is 13.1 Å². The zero-order valence-electron chi connectivity index (χ0n) is 22.8. The van der Waals surface area contributed by atoms with E-state index >= 15 is 0 Å². The minimum Gasteiger partial charge on any atom is -0.316 e. The van der Waals surface area contributed by atoms with Crippen LogP contribution in [0.25, 0.3) is 0 Å². The monoisotopic (exact) mass is 474 g/mol. The molecule has 192 valence electrons. The van der Waals surface area contributed by atoms with E-state index < -0.39 is 0 Å². The van der Waals surface area contributed by atoms with Crippen LogP contribution in [0.3, 0.4) is 0 Å². The molecule has 0 fully saturated rings. The summed E-state index contributed by atoms with van der Waals surface area (Å²) in [6.07, 6.45) is 25.0. The van der Waals surface area contributed by atoms with E-state index in [2.05, 4.69) is 98.8 Å². The zero-order valence-corrected chi connectivity index (χ0v) is 22.8. The Hall–Kier alpha value is -2.12. The molecule has 0 spiro atoms. The van der Waals surface area contributed by atoms with Crippen LogP contribution in [-0.2, 0) is 13.1 Å². The van der Waals surface area contributed by atoms with E-state index in [1.165, 1.54) is 106 Å². The maximum Gasteiger partial charge on any atom is 0.105 e. The lowest BCUT2D eigenvalue weighted by atomic mass is 10.1. The van der Waals surface area contributed by atoms with E-state index in [1.54, 1.807) is 0 Å². The van der Waals surface area contributed by atoms with Crippen LogP contribution in [0.1, 0.15) is 102 Å². The molecule has 0 saturated heterocycles. The van der Waals surface area contributed by atoms with Crippen LogP contribution in [0, 0.1) is 0 Å². The molecule has 0 N–H and O–H groups in total. The highest BCUT2D eigenvalue weighted by Gasteiger charge is 2.27. The Balaban J connectivity index is 2.04. The molecule has 2 rings (SSSR count). The largest absolute Gasteiger partial charge is 0.316 e. The molecule has 0 unspecified atom stereocenters. The maximum absolute atomic E-state index is 2.42. The standard InChI is InChI=1S/C34H52N/c1-3-5-7-9-11-13-15-23-29-35(31-33-25-19-17-20-26-33,32-34-27-21-18-22-28-34)30-24-16-14-12-10-8-6-4-2/h9-12,17-22,25-28H,3-8,13-16,23-24,29-32H2,1-2H3/q+1/b11-9+,12-10+. The summed E-state index contributed by atoms with van der Waals surface area (Å²) in [5.41, 5.74) is 2.95. The molecule has 0 radical (unpaired) electrons. The summed E-state index contributed by atoms with van der Waals surface area (Å²) in [5.74, 6) is 0.